The summed E-state index contributed by atoms with van der Waals surface area (Å²) in [5, 5.41) is 21.4. The average molecular weight is 939 g/mol. The van der Waals surface area contributed by atoms with Crippen LogP contribution in [0.15, 0.2) is 127 Å². The summed E-state index contributed by atoms with van der Waals surface area (Å²) in [6.45, 7) is 15.5. The van der Waals surface area contributed by atoms with E-state index >= 15 is 0 Å². The van der Waals surface area contributed by atoms with Gasteiger partial charge in [0.2, 0.25) is 17.7 Å². The van der Waals surface area contributed by atoms with Crippen LogP contribution < -0.4 is 30.7 Å². The zero-order chi connectivity index (χ0) is 49.9. The van der Waals surface area contributed by atoms with Crippen molar-refractivity contribution in [2.24, 2.45) is 5.92 Å². The quantitative estimate of drug-likeness (QED) is 0.0511. The minimum Gasteiger partial charge on any atom is -0.488 e. The SMILES string of the molecule is CC(C)C[C@H](NC(=O)OCC1c2ccccc2-c2ccccc21)C(=O)N[C@@H](Cc1ccc(OC(C)(C)C)cc1)C(=O)N[C@@H](Cc1ccc(OC(C)(C)C)cc1)C(=O)N[C@H](Cc1ccccc1)C(=O)O. The minimum atomic E-state index is -1.31. The smallest absolute Gasteiger partial charge is 0.407 e. The van der Waals surface area contributed by atoms with Crippen molar-refractivity contribution in [3.63, 3.8) is 0 Å². The highest BCUT2D eigenvalue weighted by molar-refractivity contribution is 5.95. The van der Waals surface area contributed by atoms with Gasteiger partial charge in [0.05, 0.1) is 0 Å². The van der Waals surface area contributed by atoms with E-state index in [9.17, 15) is 29.1 Å². The first kappa shape index (κ1) is 51.2. The number of carbonyl (C=O) groups excluding carboxylic acids is 4. The monoisotopic (exact) mass is 938 g/mol. The van der Waals surface area contributed by atoms with Gasteiger partial charge in [-0.25, -0.2) is 9.59 Å². The van der Waals surface area contributed by atoms with Crippen LogP contribution in [0.25, 0.3) is 11.1 Å². The molecule has 0 bridgehead atoms. The molecule has 6 rings (SSSR count). The van der Waals surface area contributed by atoms with Gasteiger partial charge in [-0.2, -0.15) is 0 Å². The maximum atomic E-state index is 14.7. The zero-order valence-corrected chi connectivity index (χ0v) is 40.8. The zero-order valence-electron chi connectivity index (χ0n) is 40.8. The van der Waals surface area contributed by atoms with E-state index in [1.807, 2.05) is 110 Å². The second-order valence-corrected chi connectivity index (χ2v) is 20.0. The molecule has 0 saturated carbocycles. The molecule has 1 aliphatic rings. The highest BCUT2D eigenvalue weighted by atomic mass is 16.5. The van der Waals surface area contributed by atoms with Crippen LogP contribution in [-0.4, -0.2) is 76.9 Å². The molecule has 1 aliphatic carbocycles. The lowest BCUT2D eigenvalue weighted by Gasteiger charge is -2.27. The Labute approximate surface area is 405 Å². The first-order valence-corrected chi connectivity index (χ1v) is 23.6. The lowest BCUT2D eigenvalue weighted by atomic mass is 9.98. The van der Waals surface area contributed by atoms with Crippen molar-refractivity contribution in [3.8, 4) is 22.6 Å². The number of benzene rings is 5. The van der Waals surface area contributed by atoms with Crippen LogP contribution in [0.4, 0.5) is 4.79 Å². The number of hydrogen-bond donors (Lipinski definition) is 5. The van der Waals surface area contributed by atoms with Crippen LogP contribution in [0.5, 0.6) is 11.5 Å². The van der Waals surface area contributed by atoms with E-state index in [-0.39, 0.29) is 44.1 Å². The number of fused-ring (bicyclic) bond motifs is 3. The van der Waals surface area contributed by atoms with Gasteiger partial charge in [-0.3, -0.25) is 14.4 Å². The first-order chi connectivity index (χ1) is 32.7. The molecule has 0 radical (unpaired) electrons. The van der Waals surface area contributed by atoms with Gasteiger partial charge >= 0.3 is 12.1 Å². The Balaban J connectivity index is 1.25. The molecule has 0 saturated heterocycles. The van der Waals surface area contributed by atoms with Crippen molar-refractivity contribution in [2.75, 3.05) is 6.61 Å². The summed E-state index contributed by atoms with van der Waals surface area (Å²) in [6, 6.07) is 34.2. The minimum absolute atomic E-state index is 0.00292. The van der Waals surface area contributed by atoms with Crippen molar-refractivity contribution < 1.29 is 43.3 Å². The fourth-order valence-electron chi connectivity index (χ4n) is 8.34. The van der Waals surface area contributed by atoms with Gasteiger partial charge in [-0.1, -0.05) is 117 Å². The van der Waals surface area contributed by atoms with E-state index in [2.05, 4.69) is 21.3 Å². The Morgan fingerprint density at radius 3 is 1.33 bits per heavy atom. The van der Waals surface area contributed by atoms with Crippen molar-refractivity contribution in [2.45, 2.75) is 122 Å². The van der Waals surface area contributed by atoms with Gasteiger partial charge in [0.25, 0.3) is 0 Å². The topological polar surface area (TPSA) is 181 Å². The molecule has 69 heavy (non-hydrogen) atoms. The van der Waals surface area contributed by atoms with Gasteiger partial charge in [0, 0.05) is 25.2 Å². The van der Waals surface area contributed by atoms with Crippen LogP contribution in [0.1, 0.15) is 95.5 Å². The van der Waals surface area contributed by atoms with Crippen LogP contribution in [0, 0.1) is 5.92 Å². The third kappa shape index (κ3) is 15.2. The summed E-state index contributed by atoms with van der Waals surface area (Å²) in [5.74, 6) is -2.34. The molecule has 13 nitrogen and oxygen atoms in total. The number of nitrogens with one attached hydrogen (secondary N) is 4. The molecule has 5 aromatic carbocycles. The van der Waals surface area contributed by atoms with Crippen LogP contribution in [0.2, 0.25) is 0 Å². The number of aliphatic carboxylic acids is 1. The molecule has 4 atom stereocenters. The fourth-order valence-corrected chi connectivity index (χ4v) is 8.34. The second-order valence-electron chi connectivity index (χ2n) is 20.0. The largest absolute Gasteiger partial charge is 0.488 e. The standard InChI is InChI=1S/C56H66N4O9/c1-35(2)30-46(60-54(66)67-34-45-43-20-14-12-18-41(43)42-19-13-15-21-44(42)45)50(61)57-47(31-37-22-26-39(27-23-37)68-55(3,4)5)51(62)58-48(32-38-24-28-40(29-25-38)69-56(6,7)8)52(63)59-49(53(64)65)33-36-16-10-9-11-17-36/h9-29,35,45-49H,30-34H2,1-8H3,(H,57,61)(H,58,62)(H,59,63)(H,60,66)(H,64,65)/t46-,47-,48-,49+/m0/s1. The molecule has 0 unspecified atom stereocenters. The molecule has 5 N–H and O–H groups in total. The van der Waals surface area contributed by atoms with Crippen molar-refractivity contribution >= 4 is 29.8 Å². The molecule has 5 aromatic rings. The molecule has 364 valence electrons. The molecule has 0 heterocycles. The Hall–Kier alpha value is -7.15. The number of hydrogen-bond acceptors (Lipinski definition) is 8. The average Bonchev–Trinajstić information content (AvgIpc) is 3.61. The molecular formula is C56H66N4O9. The third-order valence-corrected chi connectivity index (χ3v) is 11.4. The van der Waals surface area contributed by atoms with Crippen molar-refractivity contribution in [3.05, 3.63) is 155 Å². The molecule has 0 aliphatic heterocycles. The fraction of sp³-hybridized carbons (Fsp3) is 0.375. The lowest BCUT2D eigenvalue weighted by Crippen LogP contribution is -2.59. The van der Waals surface area contributed by atoms with E-state index in [1.165, 1.54) is 0 Å². The van der Waals surface area contributed by atoms with Crippen molar-refractivity contribution in [1.29, 1.82) is 0 Å². The summed E-state index contributed by atoms with van der Waals surface area (Å²) in [6.07, 6.45) is -0.591. The normalized spacial score (nSPS) is 14.0. The van der Waals surface area contributed by atoms with E-state index in [0.717, 1.165) is 22.3 Å². The lowest BCUT2D eigenvalue weighted by molar-refractivity contribution is -0.142. The summed E-state index contributed by atoms with van der Waals surface area (Å²) in [5.41, 5.74) is 5.36. The molecule has 0 aromatic heterocycles. The second kappa shape index (κ2) is 22.8. The number of ether oxygens (including phenoxy) is 3. The highest BCUT2D eigenvalue weighted by Gasteiger charge is 2.34. The van der Waals surface area contributed by atoms with E-state index in [0.29, 0.717) is 28.2 Å². The van der Waals surface area contributed by atoms with E-state index in [4.69, 9.17) is 14.2 Å². The number of alkyl carbamates (subject to hydrolysis) is 1. The van der Waals surface area contributed by atoms with Crippen LogP contribution in [0.3, 0.4) is 0 Å². The Bertz CT molecular complexity index is 2500. The highest BCUT2D eigenvalue weighted by Crippen LogP contribution is 2.44. The molecule has 0 spiro atoms. The number of carboxylic acid groups (broad SMARTS) is 1. The number of carbonyl (C=O) groups is 5. The number of carboxylic acids is 1. The predicted octanol–water partition coefficient (Wildman–Crippen LogP) is 8.56. The van der Waals surface area contributed by atoms with Gasteiger partial charge in [-0.05, 0) is 117 Å². The summed E-state index contributed by atoms with van der Waals surface area (Å²) >= 11 is 0. The summed E-state index contributed by atoms with van der Waals surface area (Å²) in [4.78, 5) is 69.5. The Morgan fingerprint density at radius 1 is 0.507 bits per heavy atom. The third-order valence-electron chi connectivity index (χ3n) is 11.4. The van der Waals surface area contributed by atoms with E-state index in [1.54, 1.807) is 72.8 Å². The first-order valence-electron chi connectivity index (χ1n) is 23.6. The van der Waals surface area contributed by atoms with Gasteiger partial charge in [0.15, 0.2) is 0 Å². The Morgan fingerprint density at radius 2 is 0.899 bits per heavy atom. The van der Waals surface area contributed by atoms with Gasteiger partial charge in [-0.15, -0.1) is 0 Å². The molecule has 0 fully saturated rings. The Kier molecular flexibility index (Phi) is 16.9. The van der Waals surface area contributed by atoms with Crippen LogP contribution in [-0.2, 0) is 43.2 Å². The van der Waals surface area contributed by atoms with E-state index < -0.39 is 65.2 Å². The van der Waals surface area contributed by atoms with Crippen LogP contribution >= 0.6 is 0 Å². The predicted molar refractivity (Wildman–Crippen MR) is 266 cm³/mol. The number of amides is 4. The number of rotatable bonds is 20. The molecule has 13 heteroatoms. The summed E-state index contributed by atoms with van der Waals surface area (Å²) < 4.78 is 17.9. The maximum absolute atomic E-state index is 14.7. The molecular weight excluding hydrogens is 873 g/mol. The maximum Gasteiger partial charge on any atom is 0.407 e. The molecule has 4 amide bonds. The van der Waals surface area contributed by atoms with Gasteiger partial charge in [0.1, 0.15) is 53.5 Å². The summed E-state index contributed by atoms with van der Waals surface area (Å²) in [7, 11) is 0. The van der Waals surface area contributed by atoms with Crippen molar-refractivity contribution in [1.82, 2.24) is 21.3 Å². The van der Waals surface area contributed by atoms with Gasteiger partial charge < -0.3 is 40.6 Å².